The van der Waals surface area contributed by atoms with Crippen LogP contribution in [0.25, 0.3) is 0 Å². The van der Waals surface area contributed by atoms with Gasteiger partial charge in [0.05, 0.1) is 9.82 Å². The van der Waals surface area contributed by atoms with Crippen LogP contribution in [0.15, 0.2) is 58.4 Å². The molecule has 0 radical (unpaired) electrons. The molecule has 0 saturated carbocycles. The molecule has 0 spiro atoms. The number of amidine groups is 1. The lowest BCUT2D eigenvalue weighted by Crippen LogP contribution is -2.52. The lowest BCUT2D eigenvalue weighted by atomic mass is 9.97. The summed E-state index contributed by atoms with van der Waals surface area (Å²) in [7, 11) is -3.68. The van der Waals surface area contributed by atoms with Crippen molar-refractivity contribution in [3.05, 3.63) is 64.2 Å². The highest BCUT2D eigenvalue weighted by atomic mass is 32.2. The third-order valence-electron chi connectivity index (χ3n) is 6.38. The second-order valence-electron chi connectivity index (χ2n) is 8.50. The molecule has 10 nitrogen and oxygen atoms in total. The zero-order chi connectivity index (χ0) is 24.5. The Morgan fingerprint density at radius 2 is 1.76 bits per heavy atom. The fraction of sp³-hybridized carbons (Fsp3) is 0.391. The number of anilines is 1. The van der Waals surface area contributed by atoms with Gasteiger partial charge in [-0.25, -0.2) is 8.42 Å². The molecule has 0 aromatic heterocycles. The van der Waals surface area contributed by atoms with Gasteiger partial charge in [-0.15, -0.1) is 0 Å². The van der Waals surface area contributed by atoms with E-state index < -0.39 is 21.0 Å². The highest BCUT2D eigenvalue weighted by Crippen LogP contribution is 2.25. The number of rotatable bonds is 6. The van der Waals surface area contributed by atoms with Crippen molar-refractivity contribution in [3.8, 4) is 0 Å². The van der Waals surface area contributed by atoms with Gasteiger partial charge >= 0.3 is 0 Å². The van der Waals surface area contributed by atoms with Gasteiger partial charge < -0.3 is 9.80 Å². The van der Waals surface area contributed by atoms with Gasteiger partial charge in [0.1, 0.15) is 11.9 Å². The van der Waals surface area contributed by atoms with Crippen molar-refractivity contribution in [2.75, 3.05) is 31.1 Å². The number of carbonyl (C=O) groups excluding carboxylic acids is 1. The Hall–Kier alpha value is -3.47. The van der Waals surface area contributed by atoms with Crippen molar-refractivity contribution in [3.63, 3.8) is 0 Å². The molecule has 2 atom stereocenters. The van der Waals surface area contributed by atoms with E-state index >= 15 is 0 Å². The first-order valence-corrected chi connectivity index (χ1v) is 12.7. The number of nitrogens with zero attached hydrogens (tertiary/aromatic N) is 4. The molecule has 1 fully saturated rings. The zero-order valence-corrected chi connectivity index (χ0v) is 19.9. The van der Waals surface area contributed by atoms with E-state index in [2.05, 4.69) is 14.6 Å². The van der Waals surface area contributed by atoms with Gasteiger partial charge in [-0.3, -0.25) is 24.6 Å². The van der Waals surface area contributed by atoms with E-state index in [1.807, 2.05) is 13.8 Å². The smallest absolute Gasteiger partial charge is 0.269 e. The molecular weight excluding hydrogens is 458 g/mol. The second-order valence-corrected chi connectivity index (χ2v) is 10.1. The summed E-state index contributed by atoms with van der Waals surface area (Å²) in [6, 6.07) is 12.3. The lowest BCUT2D eigenvalue weighted by molar-refractivity contribution is -0.384. The van der Waals surface area contributed by atoms with Crippen molar-refractivity contribution in [1.29, 1.82) is 0 Å². The van der Waals surface area contributed by atoms with E-state index in [1.165, 1.54) is 18.2 Å². The maximum atomic E-state index is 13.5. The quantitative estimate of drug-likeness (QED) is 0.495. The van der Waals surface area contributed by atoms with E-state index in [0.29, 0.717) is 38.2 Å². The van der Waals surface area contributed by atoms with Crippen molar-refractivity contribution >= 4 is 33.1 Å². The number of nitro benzene ring substituents is 1. The Labute approximate surface area is 198 Å². The molecule has 180 valence electrons. The predicted molar refractivity (Wildman–Crippen MR) is 128 cm³/mol. The fourth-order valence-electron chi connectivity index (χ4n) is 4.18. The van der Waals surface area contributed by atoms with Crippen molar-refractivity contribution in [2.45, 2.75) is 31.2 Å². The number of piperazine rings is 1. The van der Waals surface area contributed by atoms with Crippen LogP contribution in [-0.4, -0.2) is 62.2 Å². The molecule has 11 heteroatoms. The maximum Gasteiger partial charge on any atom is 0.269 e. The molecule has 1 N–H and O–H groups in total. The summed E-state index contributed by atoms with van der Waals surface area (Å²) in [4.78, 5) is 32.5. The monoisotopic (exact) mass is 485 g/mol. The summed E-state index contributed by atoms with van der Waals surface area (Å²) in [5.74, 6) is -0.00230. The lowest BCUT2D eigenvalue weighted by Gasteiger charge is -2.37. The largest absolute Gasteiger partial charge is 0.368 e. The fourth-order valence-corrected chi connectivity index (χ4v) is 5.41. The van der Waals surface area contributed by atoms with Gasteiger partial charge in [-0.2, -0.15) is 0 Å². The van der Waals surface area contributed by atoms with Gasteiger partial charge in [0.25, 0.3) is 15.7 Å². The minimum atomic E-state index is -3.68. The average molecular weight is 486 g/mol. The van der Waals surface area contributed by atoms with Gasteiger partial charge in [0.15, 0.2) is 0 Å². The van der Waals surface area contributed by atoms with Gasteiger partial charge in [0, 0.05) is 49.6 Å². The normalized spacial score (nSPS) is 19.9. The number of hydrogen-bond acceptors (Lipinski definition) is 7. The first kappa shape index (κ1) is 23.7. The summed E-state index contributed by atoms with van der Waals surface area (Å²) >= 11 is 0. The number of benzene rings is 2. The molecule has 1 saturated heterocycles. The third kappa shape index (κ3) is 4.60. The molecule has 1 amide bonds. The third-order valence-corrected chi connectivity index (χ3v) is 7.78. The van der Waals surface area contributed by atoms with Crippen LogP contribution >= 0.6 is 0 Å². The number of non-ortho nitro benzene ring substituents is 1. The number of fused-ring (bicyclic) bond motifs is 1. The topological polar surface area (TPSA) is 125 Å². The summed E-state index contributed by atoms with van der Waals surface area (Å²) in [6.45, 7) is 6.05. The predicted octanol–water partition coefficient (Wildman–Crippen LogP) is 2.40. The van der Waals surface area contributed by atoms with Gasteiger partial charge in [-0.05, 0) is 30.2 Å². The minimum Gasteiger partial charge on any atom is -0.368 e. The molecule has 2 heterocycles. The van der Waals surface area contributed by atoms with E-state index in [4.69, 9.17) is 0 Å². The highest BCUT2D eigenvalue weighted by Gasteiger charge is 2.35. The molecular formula is C23H27N5O5S. The van der Waals surface area contributed by atoms with Crippen LogP contribution in [0.5, 0.6) is 0 Å². The van der Waals surface area contributed by atoms with E-state index in [0.717, 1.165) is 5.69 Å². The molecule has 2 aliphatic rings. The Balaban J connectivity index is 1.50. The van der Waals surface area contributed by atoms with Crippen LogP contribution in [0.3, 0.4) is 0 Å². The Morgan fingerprint density at radius 3 is 2.38 bits per heavy atom. The van der Waals surface area contributed by atoms with Gasteiger partial charge in [0.2, 0.25) is 5.91 Å². The van der Waals surface area contributed by atoms with Crippen LogP contribution < -0.4 is 9.62 Å². The second kappa shape index (κ2) is 9.41. The van der Waals surface area contributed by atoms with Crippen LogP contribution in [0.1, 0.15) is 25.8 Å². The summed E-state index contributed by atoms with van der Waals surface area (Å²) in [5, 5.41) is 10.9. The van der Waals surface area contributed by atoms with E-state index in [9.17, 15) is 23.3 Å². The molecule has 2 aromatic carbocycles. The number of nitro groups is 1. The number of hydrogen-bond donors (Lipinski definition) is 1. The van der Waals surface area contributed by atoms with E-state index in [1.54, 1.807) is 35.2 Å². The Morgan fingerprint density at radius 1 is 1.12 bits per heavy atom. The van der Waals surface area contributed by atoms with Crippen molar-refractivity contribution in [1.82, 2.24) is 9.62 Å². The summed E-state index contributed by atoms with van der Waals surface area (Å²) in [5.41, 5.74) is 1.39. The minimum absolute atomic E-state index is 0.0391. The standard InChI is InChI=1S/C23H27N5O5S/c1-3-16(2)21(24-22-19-6-4-5-7-20(19)34(32,33)25-22)23(29)27-14-12-26(13-15-27)17-8-10-18(11-9-17)28(30)31/h4-11,16,21H,3,12-15H2,1-2H3,(H,24,25)/t16-,21-/m0/s1. The number of nitrogens with one attached hydrogen (secondary N) is 1. The van der Waals surface area contributed by atoms with Crippen LogP contribution in [0, 0.1) is 16.0 Å². The van der Waals surface area contributed by atoms with Crippen LogP contribution in [0.4, 0.5) is 11.4 Å². The molecule has 0 unspecified atom stereocenters. The number of aliphatic imine (C=N–C) groups is 1. The molecule has 2 aromatic rings. The number of sulfonamides is 1. The SMILES string of the molecule is CC[C@H](C)[C@H](N=C1NS(=O)(=O)c2ccccc21)C(=O)N1CCN(c2ccc([N+](=O)[O-])cc2)CC1. The maximum absolute atomic E-state index is 13.5. The van der Waals surface area contributed by atoms with Crippen molar-refractivity contribution < 1.29 is 18.1 Å². The average Bonchev–Trinajstić information content (AvgIpc) is 3.11. The van der Waals surface area contributed by atoms with Gasteiger partial charge in [-0.1, -0.05) is 32.4 Å². The summed E-state index contributed by atoms with van der Waals surface area (Å²) in [6.07, 6.45) is 0.713. The van der Waals surface area contributed by atoms with E-state index in [-0.39, 0.29) is 28.2 Å². The van der Waals surface area contributed by atoms with Crippen molar-refractivity contribution in [2.24, 2.45) is 10.9 Å². The Kier molecular flexibility index (Phi) is 6.56. The molecule has 0 aliphatic carbocycles. The molecule has 2 aliphatic heterocycles. The Bertz CT molecular complexity index is 1220. The molecule has 34 heavy (non-hydrogen) atoms. The number of carbonyl (C=O) groups is 1. The first-order valence-electron chi connectivity index (χ1n) is 11.2. The first-order chi connectivity index (χ1) is 16.2. The summed E-state index contributed by atoms with van der Waals surface area (Å²) < 4.78 is 27.4. The zero-order valence-electron chi connectivity index (χ0n) is 19.0. The molecule has 0 bridgehead atoms. The molecule has 4 rings (SSSR count). The van der Waals surface area contributed by atoms with Crippen LogP contribution in [-0.2, 0) is 14.8 Å². The number of amides is 1. The van der Waals surface area contributed by atoms with Crippen LogP contribution in [0.2, 0.25) is 0 Å². The highest BCUT2D eigenvalue weighted by molar-refractivity contribution is 7.90.